The summed E-state index contributed by atoms with van der Waals surface area (Å²) < 4.78 is 5.45. The Morgan fingerprint density at radius 2 is 1.73 bits per heavy atom. The molecule has 0 saturated heterocycles. The van der Waals surface area contributed by atoms with Crippen LogP contribution < -0.4 is 5.63 Å². The van der Waals surface area contributed by atoms with E-state index >= 15 is 0 Å². The number of rotatable bonds is 0. The van der Waals surface area contributed by atoms with Crippen molar-refractivity contribution in [1.29, 1.82) is 0 Å². The van der Waals surface area contributed by atoms with E-state index in [1.54, 1.807) is 6.07 Å². The average molecular weight is 290 g/mol. The summed E-state index contributed by atoms with van der Waals surface area (Å²) in [6, 6.07) is 13.3. The van der Waals surface area contributed by atoms with Crippen LogP contribution in [-0.2, 0) is 0 Å². The molecule has 0 aliphatic heterocycles. The Morgan fingerprint density at radius 1 is 0.955 bits per heavy atom. The molecule has 0 unspecified atom stereocenters. The lowest BCUT2D eigenvalue weighted by Crippen LogP contribution is -2.01. The van der Waals surface area contributed by atoms with Gasteiger partial charge in [0.05, 0.1) is 0 Å². The molecule has 3 aromatic carbocycles. The van der Waals surface area contributed by atoms with E-state index in [0.29, 0.717) is 11.0 Å². The van der Waals surface area contributed by atoms with Crippen LogP contribution in [0.5, 0.6) is 5.75 Å². The minimum atomic E-state index is -0.504. The van der Waals surface area contributed by atoms with Gasteiger partial charge in [0.15, 0.2) is 0 Å². The molecule has 1 aromatic heterocycles. The Hall–Kier alpha value is -2.81. The predicted octanol–water partition coefficient (Wildman–Crippen LogP) is 4.42. The lowest BCUT2D eigenvalue weighted by atomic mass is 9.97. The Labute approximate surface area is 126 Å². The Bertz CT molecular complexity index is 1120. The molecule has 22 heavy (non-hydrogen) atoms. The molecular formula is C19H14O3. The van der Waals surface area contributed by atoms with Crippen LogP contribution >= 0.6 is 0 Å². The fourth-order valence-corrected chi connectivity index (χ4v) is 3.24. The molecule has 1 N–H and O–H groups in total. The van der Waals surface area contributed by atoms with Crippen molar-refractivity contribution in [2.45, 2.75) is 13.8 Å². The SMILES string of the molecule is Cc1cc(C)c2c(c1)oc(=O)c1c(O)c3ccccc3cc12. The quantitative estimate of drug-likeness (QED) is 0.296. The number of hydrogen-bond donors (Lipinski definition) is 1. The second-order valence-electron chi connectivity index (χ2n) is 5.71. The topological polar surface area (TPSA) is 50.4 Å². The highest BCUT2D eigenvalue weighted by Crippen LogP contribution is 2.36. The predicted molar refractivity (Wildman–Crippen MR) is 88.6 cm³/mol. The fraction of sp³-hybridized carbons (Fsp3) is 0.105. The number of benzene rings is 3. The van der Waals surface area contributed by atoms with Gasteiger partial charge in [-0.1, -0.05) is 30.3 Å². The van der Waals surface area contributed by atoms with Crippen LogP contribution in [0.1, 0.15) is 11.1 Å². The molecule has 3 nitrogen and oxygen atoms in total. The molecule has 0 spiro atoms. The molecule has 3 heteroatoms. The van der Waals surface area contributed by atoms with Crippen molar-refractivity contribution in [2.24, 2.45) is 0 Å². The summed E-state index contributed by atoms with van der Waals surface area (Å²) in [5, 5.41) is 14.0. The van der Waals surface area contributed by atoms with Crippen LogP contribution in [0.25, 0.3) is 32.5 Å². The molecule has 1 heterocycles. The van der Waals surface area contributed by atoms with E-state index in [4.69, 9.17) is 4.42 Å². The summed E-state index contributed by atoms with van der Waals surface area (Å²) in [6.45, 7) is 3.95. The van der Waals surface area contributed by atoms with Gasteiger partial charge in [0.25, 0.3) is 0 Å². The van der Waals surface area contributed by atoms with Gasteiger partial charge in [0.1, 0.15) is 16.7 Å². The smallest absolute Gasteiger partial charge is 0.348 e. The molecule has 0 aliphatic rings. The Morgan fingerprint density at radius 3 is 2.55 bits per heavy atom. The van der Waals surface area contributed by atoms with Crippen molar-refractivity contribution in [3.8, 4) is 5.75 Å². The monoisotopic (exact) mass is 290 g/mol. The number of phenolic OH excluding ortho intramolecular Hbond substituents is 1. The molecule has 0 radical (unpaired) electrons. The normalized spacial score (nSPS) is 11.5. The van der Waals surface area contributed by atoms with Gasteiger partial charge in [-0.25, -0.2) is 4.79 Å². The minimum Gasteiger partial charge on any atom is -0.506 e. The van der Waals surface area contributed by atoms with Gasteiger partial charge in [0.2, 0.25) is 0 Å². The zero-order valence-electron chi connectivity index (χ0n) is 12.3. The molecule has 0 aliphatic carbocycles. The first-order valence-electron chi connectivity index (χ1n) is 7.15. The highest BCUT2D eigenvalue weighted by Gasteiger charge is 2.15. The fourth-order valence-electron chi connectivity index (χ4n) is 3.24. The van der Waals surface area contributed by atoms with Gasteiger partial charge in [-0.3, -0.25) is 0 Å². The van der Waals surface area contributed by atoms with Gasteiger partial charge in [-0.2, -0.15) is 0 Å². The Balaban J connectivity index is 2.38. The van der Waals surface area contributed by atoms with Crippen LogP contribution in [0.15, 0.2) is 51.7 Å². The first-order valence-corrected chi connectivity index (χ1v) is 7.15. The summed E-state index contributed by atoms with van der Waals surface area (Å²) >= 11 is 0. The lowest BCUT2D eigenvalue weighted by Gasteiger charge is -2.10. The van der Waals surface area contributed by atoms with Crippen LogP contribution in [0, 0.1) is 13.8 Å². The third-order valence-electron chi connectivity index (χ3n) is 4.14. The zero-order valence-corrected chi connectivity index (χ0v) is 12.3. The number of aryl methyl sites for hydroxylation is 2. The number of aromatic hydroxyl groups is 1. The van der Waals surface area contributed by atoms with E-state index in [9.17, 15) is 9.90 Å². The first-order chi connectivity index (χ1) is 10.6. The lowest BCUT2D eigenvalue weighted by molar-refractivity contribution is 0.483. The van der Waals surface area contributed by atoms with Gasteiger partial charge < -0.3 is 9.52 Å². The number of fused-ring (bicyclic) bond motifs is 4. The number of hydrogen-bond acceptors (Lipinski definition) is 3. The molecular weight excluding hydrogens is 276 g/mol. The van der Waals surface area contributed by atoms with Gasteiger partial charge in [0, 0.05) is 16.2 Å². The maximum absolute atomic E-state index is 12.4. The van der Waals surface area contributed by atoms with Crippen molar-refractivity contribution >= 4 is 32.5 Å². The third-order valence-corrected chi connectivity index (χ3v) is 4.14. The van der Waals surface area contributed by atoms with E-state index < -0.39 is 5.63 Å². The maximum atomic E-state index is 12.4. The summed E-state index contributed by atoms with van der Waals surface area (Å²) in [5.74, 6) is -0.0104. The standard InChI is InChI=1S/C19H14O3/c1-10-7-11(2)16-14-9-12-5-3-4-6-13(12)18(20)17(14)19(21)22-15(16)8-10/h3-9,20H,1-2H3. The van der Waals surface area contributed by atoms with Crippen molar-refractivity contribution in [2.75, 3.05) is 0 Å². The maximum Gasteiger partial charge on any atom is 0.348 e. The summed E-state index contributed by atoms with van der Waals surface area (Å²) in [6.07, 6.45) is 0. The van der Waals surface area contributed by atoms with Crippen molar-refractivity contribution in [1.82, 2.24) is 0 Å². The van der Waals surface area contributed by atoms with Gasteiger partial charge >= 0.3 is 5.63 Å². The largest absolute Gasteiger partial charge is 0.506 e. The van der Waals surface area contributed by atoms with Gasteiger partial charge in [-0.05, 0) is 42.5 Å². The van der Waals surface area contributed by atoms with Gasteiger partial charge in [-0.15, -0.1) is 0 Å². The molecule has 4 rings (SSSR count). The molecule has 0 bridgehead atoms. The van der Waals surface area contributed by atoms with E-state index in [1.807, 2.05) is 50.2 Å². The highest BCUT2D eigenvalue weighted by atomic mass is 16.4. The summed E-state index contributed by atoms with van der Waals surface area (Å²) in [4.78, 5) is 12.4. The molecule has 0 atom stereocenters. The molecule has 0 amide bonds. The Kier molecular flexibility index (Phi) is 2.54. The van der Waals surface area contributed by atoms with E-state index in [2.05, 4.69) is 0 Å². The zero-order chi connectivity index (χ0) is 15.4. The van der Waals surface area contributed by atoms with Crippen LogP contribution in [0.2, 0.25) is 0 Å². The van der Waals surface area contributed by atoms with Crippen LogP contribution in [-0.4, -0.2) is 5.11 Å². The molecule has 0 saturated carbocycles. The summed E-state index contributed by atoms with van der Waals surface area (Å²) in [5.41, 5.74) is 2.12. The van der Waals surface area contributed by atoms with Crippen LogP contribution in [0.3, 0.4) is 0 Å². The third kappa shape index (κ3) is 1.65. The number of phenols is 1. The van der Waals surface area contributed by atoms with Crippen molar-refractivity contribution < 1.29 is 9.52 Å². The minimum absolute atomic E-state index is 0.0104. The van der Waals surface area contributed by atoms with E-state index in [0.717, 1.165) is 27.3 Å². The van der Waals surface area contributed by atoms with E-state index in [-0.39, 0.29) is 11.1 Å². The molecule has 0 fully saturated rings. The van der Waals surface area contributed by atoms with Crippen LogP contribution in [0.4, 0.5) is 0 Å². The second-order valence-corrected chi connectivity index (χ2v) is 5.71. The second kappa shape index (κ2) is 4.34. The van der Waals surface area contributed by atoms with Crippen molar-refractivity contribution in [3.63, 3.8) is 0 Å². The average Bonchev–Trinajstić information content (AvgIpc) is 2.46. The van der Waals surface area contributed by atoms with E-state index in [1.165, 1.54) is 0 Å². The summed E-state index contributed by atoms with van der Waals surface area (Å²) in [7, 11) is 0. The highest BCUT2D eigenvalue weighted by molar-refractivity contribution is 6.14. The molecule has 108 valence electrons. The first kappa shape index (κ1) is 12.9. The van der Waals surface area contributed by atoms with Crippen molar-refractivity contribution in [3.05, 3.63) is 64.0 Å². The molecule has 4 aromatic rings.